The summed E-state index contributed by atoms with van der Waals surface area (Å²) < 4.78 is 0. The van der Waals surface area contributed by atoms with E-state index in [-0.39, 0.29) is 17.1 Å². The van der Waals surface area contributed by atoms with Crippen LogP contribution in [0.2, 0.25) is 0 Å². The highest BCUT2D eigenvalue weighted by Crippen LogP contribution is 2.68. The van der Waals surface area contributed by atoms with Crippen LogP contribution in [-0.4, -0.2) is 17.0 Å². The van der Waals surface area contributed by atoms with Gasteiger partial charge in [0.1, 0.15) is 6.10 Å². The van der Waals surface area contributed by atoms with E-state index in [0.717, 1.165) is 48.3 Å². The summed E-state index contributed by atoms with van der Waals surface area (Å²) in [4.78, 5) is 12.2. The Kier molecular flexibility index (Phi) is 5.99. The molecular formula is C27H46O2. The number of Topliss-reactive ketones (excluding diaryl/α,β-unsaturated/α-hetero) is 1. The van der Waals surface area contributed by atoms with E-state index in [9.17, 15) is 9.90 Å². The molecule has 0 unspecified atom stereocenters. The zero-order chi connectivity index (χ0) is 21.0. The van der Waals surface area contributed by atoms with Gasteiger partial charge >= 0.3 is 0 Å². The molecule has 0 saturated heterocycles. The molecule has 0 amide bonds. The minimum absolute atomic E-state index is 0.114. The zero-order valence-corrected chi connectivity index (χ0v) is 19.8. The maximum Gasteiger partial charge on any atom is 0.161 e. The molecule has 29 heavy (non-hydrogen) atoms. The van der Waals surface area contributed by atoms with Gasteiger partial charge in [-0.15, -0.1) is 0 Å². The normalized spacial score (nSPS) is 48.2. The van der Waals surface area contributed by atoms with Crippen LogP contribution >= 0.6 is 0 Å². The summed E-state index contributed by atoms with van der Waals surface area (Å²) in [5.41, 5.74) is 0.725. The van der Waals surface area contributed by atoms with Crippen molar-refractivity contribution in [1.29, 1.82) is 0 Å². The van der Waals surface area contributed by atoms with Gasteiger partial charge in [0.15, 0.2) is 5.78 Å². The second-order valence-corrected chi connectivity index (χ2v) is 12.5. The van der Waals surface area contributed by atoms with Crippen molar-refractivity contribution in [2.24, 2.45) is 52.3 Å². The summed E-state index contributed by atoms with van der Waals surface area (Å²) in [6.45, 7) is 12.3. The molecule has 0 bridgehead atoms. The Labute approximate surface area is 179 Å². The fourth-order valence-corrected chi connectivity index (χ4v) is 9.16. The number of hydrogen-bond acceptors (Lipinski definition) is 2. The van der Waals surface area contributed by atoms with Crippen molar-refractivity contribution in [2.45, 2.75) is 111 Å². The molecule has 4 fully saturated rings. The summed E-state index contributed by atoms with van der Waals surface area (Å²) in [5, 5.41) is 10.7. The highest BCUT2D eigenvalue weighted by atomic mass is 16.3. The minimum Gasteiger partial charge on any atom is -0.385 e. The zero-order valence-electron chi connectivity index (χ0n) is 19.8. The van der Waals surface area contributed by atoms with Crippen LogP contribution in [0.1, 0.15) is 105 Å². The van der Waals surface area contributed by atoms with Gasteiger partial charge in [0.05, 0.1) is 0 Å². The number of ketones is 1. The number of aliphatic hydroxyl groups excluding tert-OH is 1. The Balaban J connectivity index is 1.48. The van der Waals surface area contributed by atoms with Gasteiger partial charge in [-0.2, -0.15) is 0 Å². The average molecular weight is 403 g/mol. The molecule has 0 aromatic carbocycles. The van der Waals surface area contributed by atoms with Gasteiger partial charge in [-0.3, -0.25) is 4.79 Å². The molecule has 1 N–H and O–H groups in total. The highest BCUT2D eigenvalue weighted by molar-refractivity contribution is 5.84. The van der Waals surface area contributed by atoms with E-state index in [2.05, 4.69) is 34.6 Å². The van der Waals surface area contributed by atoms with Crippen LogP contribution in [0.4, 0.5) is 0 Å². The summed E-state index contributed by atoms with van der Waals surface area (Å²) in [6.07, 6.45) is 13.0. The lowest BCUT2D eigenvalue weighted by atomic mass is 9.44. The van der Waals surface area contributed by atoms with Crippen molar-refractivity contribution < 1.29 is 9.90 Å². The smallest absolute Gasteiger partial charge is 0.161 e. The quantitative estimate of drug-likeness (QED) is 0.559. The van der Waals surface area contributed by atoms with E-state index in [1.54, 1.807) is 0 Å². The Morgan fingerprint density at radius 2 is 1.59 bits per heavy atom. The third kappa shape index (κ3) is 3.54. The van der Waals surface area contributed by atoms with Gasteiger partial charge in [-0.25, -0.2) is 0 Å². The number of aliphatic hydroxyl groups is 1. The first-order chi connectivity index (χ1) is 13.7. The van der Waals surface area contributed by atoms with E-state index in [1.807, 2.05) is 0 Å². The molecule has 0 radical (unpaired) electrons. The van der Waals surface area contributed by atoms with E-state index < -0.39 is 6.10 Å². The predicted molar refractivity (Wildman–Crippen MR) is 119 cm³/mol. The molecule has 2 nitrogen and oxygen atoms in total. The fraction of sp³-hybridized carbons (Fsp3) is 0.963. The average Bonchev–Trinajstić information content (AvgIpc) is 3.02. The Bertz CT molecular complexity index is 612. The highest BCUT2D eigenvalue weighted by Gasteiger charge is 2.61. The van der Waals surface area contributed by atoms with Crippen LogP contribution in [0, 0.1) is 52.3 Å². The molecule has 2 heteroatoms. The third-order valence-electron chi connectivity index (χ3n) is 10.8. The van der Waals surface area contributed by atoms with Crippen molar-refractivity contribution >= 4 is 5.78 Å². The standard InChI is InChI=1S/C27H46O2/c1-17(2)7-6-8-18(3)20-11-12-21-19-9-10-23-25(29)24(28)14-16-27(23,5)22(19)13-15-26(20,21)4/h17-23,25,29H,6-16H2,1-5H3/t18-,19+,20-,21+,22+,23+,25+,26-,27-/m1/s1. The fourth-order valence-electron chi connectivity index (χ4n) is 9.16. The van der Waals surface area contributed by atoms with Gasteiger partial charge in [-0.1, -0.05) is 53.9 Å². The minimum atomic E-state index is -0.680. The van der Waals surface area contributed by atoms with Crippen LogP contribution in [0.3, 0.4) is 0 Å². The molecule has 9 atom stereocenters. The van der Waals surface area contributed by atoms with Crippen LogP contribution in [0.15, 0.2) is 0 Å². The van der Waals surface area contributed by atoms with E-state index in [4.69, 9.17) is 0 Å². The molecular weight excluding hydrogens is 356 g/mol. The molecule has 0 aromatic rings. The van der Waals surface area contributed by atoms with Gasteiger partial charge in [0, 0.05) is 6.42 Å². The van der Waals surface area contributed by atoms with Gasteiger partial charge < -0.3 is 5.11 Å². The van der Waals surface area contributed by atoms with Crippen LogP contribution in [-0.2, 0) is 4.79 Å². The van der Waals surface area contributed by atoms with Crippen molar-refractivity contribution in [3.05, 3.63) is 0 Å². The van der Waals surface area contributed by atoms with Crippen LogP contribution in [0.5, 0.6) is 0 Å². The number of carbonyl (C=O) groups is 1. The van der Waals surface area contributed by atoms with Crippen molar-refractivity contribution in [1.82, 2.24) is 0 Å². The Hall–Kier alpha value is -0.370. The maximum atomic E-state index is 12.2. The van der Waals surface area contributed by atoms with Crippen LogP contribution < -0.4 is 0 Å². The maximum absolute atomic E-state index is 12.2. The summed E-state index contributed by atoms with van der Waals surface area (Å²) >= 11 is 0. The first kappa shape index (κ1) is 21.8. The molecule has 166 valence electrons. The van der Waals surface area contributed by atoms with E-state index in [0.29, 0.717) is 11.8 Å². The number of carbonyl (C=O) groups excluding carboxylic acids is 1. The van der Waals surface area contributed by atoms with Crippen molar-refractivity contribution in [3.63, 3.8) is 0 Å². The van der Waals surface area contributed by atoms with Crippen molar-refractivity contribution in [2.75, 3.05) is 0 Å². The molecule has 0 heterocycles. The first-order valence-electron chi connectivity index (χ1n) is 12.9. The van der Waals surface area contributed by atoms with E-state index >= 15 is 0 Å². The molecule has 0 aromatic heterocycles. The lowest BCUT2D eigenvalue weighted by Crippen LogP contribution is -2.57. The number of rotatable bonds is 5. The topological polar surface area (TPSA) is 37.3 Å². The molecule has 0 aliphatic heterocycles. The second-order valence-electron chi connectivity index (χ2n) is 12.5. The molecule has 0 spiro atoms. The Morgan fingerprint density at radius 3 is 2.31 bits per heavy atom. The second kappa shape index (κ2) is 7.95. The summed E-state index contributed by atoms with van der Waals surface area (Å²) in [7, 11) is 0. The largest absolute Gasteiger partial charge is 0.385 e. The molecule has 4 rings (SSSR count). The summed E-state index contributed by atoms with van der Waals surface area (Å²) in [5.74, 6) is 5.39. The first-order valence-corrected chi connectivity index (χ1v) is 12.9. The van der Waals surface area contributed by atoms with Gasteiger partial charge in [0.2, 0.25) is 0 Å². The number of fused-ring (bicyclic) bond motifs is 5. The Morgan fingerprint density at radius 1 is 0.897 bits per heavy atom. The molecule has 4 aliphatic carbocycles. The SMILES string of the molecule is CC(C)CCC[C@@H](C)[C@H]1CC[C@H]2[C@@H]3CC[C@H]4[C@H](O)C(=O)CC[C@]4(C)[C@H]3CC[C@]12C. The van der Waals surface area contributed by atoms with E-state index in [1.165, 1.54) is 51.4 Å². The van der Waals surface area contributed by atoms with Gasteiger partial charge in [-0.05, 0) is 97.2 Å². The van der Waals surface area contributed by atoms with Crippen molar-refractivity contribution in [3.8, 4) is 0 Å². The third-order valence-corrected chi connectivity index (χ3v) is 10.8. The van der Waals surface area contributed by atoms with Gasteiger partial charge in [0.25, 0.3) is 0 Å². The monoisotopic (exact) mass is 402 g/mol. The number of hydrogen-bond donors (Lipinski definition) is 1. The lowest BCUT2D eigenvalue weighted by Gasteiger charge is -2.61. The lowest BCUT2D eigenvalue weighted by molar-refractivity contribution is -0.163. The summed E-state index contributed by atoms with van der Waals surface area (Å²) in [6, 6.07) is 0. The molecule has 4 saturated carbocycles. The molecule has 4 aliphatic rings. The van der Waals surface area contributed by atoms with Crippen LogP contribution in [0.25, 0.3) is 0 Å². The predicted octanol–water partition coefficient (Wildman–Crippen LogP) is 6.65.